The van der Waals surface area contributed by atoms with Crippen LogP contribution in [0.15, 0.2) is 16.9 Å². The van der Waals surface area contributed by atoms with Crippen molar-refractivity contribution >= 4 is 5.82 Å². The first-order valence-corrected chi connectivity index (χ1v) is 4.04. The van der Waals surface area contributed by atoms with Gasteiger partial charge in [-0.3, -0.25) is 4.79 Å². The van der Waals surface area contributed by atoms with Crippen molar-refractivity contribution in [2.24, 2.45) is 0 Å². The predicted molar refractivity (Wildman–Crippen MR) is 48.2 cm³/mol. The number of aromatic nitrogens is 2. The Bertz CT molecular complexity index is 274. The molecule has 1 aromatic heterocycles. The van der Waals surface area contributed by atoms with Gasteiger partial charge >= 0.3 is 0 Å². The van der Waals surface area contributed by atoms with Gasteiger partial charge in [0.05, 0.1) is 0 Å². The lowest BCUT2D eigenvalue weighted by Crippen LogP contribution is -2.16. The summed E-state index contributed by atoms with van der Waals surface area (Å²) in [6.45, 7) is 4.15. The number of nitrogens with zero attached hydrogens (tertiary/aromatic N) is 1. The fourth-order valence-corrected chi connectivity index (χ4v) is 0.779. The molecule has 0 unspecified atom stereocenters. The van der Waals surface area contributed by atoms with E-state index in [2.05, 4.69) is 29.4 Å². The van der Waals surface area contributed by atoms with Crippen molar-refractivity contribution in [3.8, 4) is 0 Å². The minimum Gasteiger partial charge on any atom is -0.366 e. The molecular formula is C8H13N3O. The lowest BCUT2D eigenvalue weighted by atomic mass is 10.2. The third kappa shape index (κ3) is 2.38. The van der Waals surface area contributed by atoms with Gasteiger partial charge in [-0.05, 0) is 19.4 Å². The van der Waals surface area contributed by atoms with E-state index in [0.29, 0.717) is 11.9 Å². The maximum atomic E-state index is 10.6. The maximum absolute atomic E-state index is 10.6. The third-order valence-electron chi connectivity index (χ3n) is 1.69. The predicted octanol–water partition coefficient (Wildman–Crippen LogP) is 0.980. The molecule has 1 heterocycles. The van der Waals surface area contributed by atoms with Crippen LogP contribution in [0, 0.1) is 0 Å². The third-order valence-corrected chi connectivity index (χ3v) is 1.69. The van der Waals surface area contributed by atoms with E-state index in [9.17, 15) is 4.79 Å². The molecule has 0 aromatic carbocycles. The summed E-state index contributed by atoms with van der Waals surface area (Å²) < 4.78 is 0. The first-order valence-electron chi connectivity index (χ1n) is 4.04. The van der Waals surface area contributed by atoms with Crippen LogP contribution in [-0.4, -0.2) is 16.2 Å². The molecule has 4 heteroatoms. The monoisotopic (exact) mass is 167 g/mol. The molecular weight excluding hydrogens is 154 g/mol. The van der Waals surface area contributed by atoms with Crippen molar-refractivity contribution in [2.75, 3.05) is 5.32 Å². The van der Waals surface area contributed by atoms with Gasteiger partial charge in [-0.1, -0.05) is 6.92 Å². The lowest BCUT2D eigenvalue weighted by Gasteiger charge is -2.10. The summed E-state index contributed by atoms with van der Waals surface area (Å²) in [6.07, 6.45) is 1.03. The van der Waals surface area contributed by atoms with Gasteiger partial charge < -0.3 is 5.32 Å². The van der Waals surface area contributed by atoms with Gasteiger partial charge in [-0.25, -0.2) is 5.10 Å². The Morgan fingerprint density at radius 3 is 2.92 bits per heavy atom. The van der Waals surface area contributed by atoms with Crippen LogP contribution in [0.1, 0.15) is 20.3 Å². The molecule has 12 heavy (non-hydrogen) atoms. The van der Waals surface area contributed by atoms with E-state index in [1.165, 1.54) is 6.07 Å². The fourth-order valence-electron chi connectivity index (χ4n) is 0.779. The van der Waals surface area contributed by atoms with Crippen LogP contribution in [0.2, 0.25) is 0 Å². The normalized spacial score (nSPS) is 12.5. The highest BCUT2D eigenvalue weighted by Gasteiger charge is 1.98. The molecule has 0 saturated heterocycles. The van der Waals surface area contributed by atoms with Gasteiger partial charge in [-0.2, -0.15) is 5.10 Å². The van der Waals surface area contributed by atoms with E-state index in [-0.39, 0.29) is 5.56 Å². The first-order chi connectivity index (χ1) is 5.72. The van der Waals surface area contributed by atoms with Gasteiger partial charge in [0, 0.05) is 12.1 Å². The summed E-state index contributed by atoms with van der Waals surface area (Å²) in [5, 5.41) is 9.32. The van der Waals surface area contributed by atoms with E-state index >= 15 is 0 Å². The van der Waals surface area contributed by atoms with Crippen LogP contribution in [-0.2, 0) is 0 Å². The quantitative estimate of drug-likeness (QED) is 0.705. The Hall–Kier alpha value is -1.32. The SMILES string of the molecule is CC[C@H](C)Nc1ccc(=O)[nH]n1. The van der Waals surface area contributed by atoms with Crippen molar-refractivity contribution < 1.29 is 0 Å². The second-order valence-electron chi connectivity index (χ2n) is 2.76. The van der Waals surface area contributed by atoms with Gasteiger partial charge in [0.2, 0.25) is 0 Å². The molecule has 66 valence electrons. The molecule has 4 nitrogen and oxygen atoms in total. The molecule has 0 fully saturated rings. The minimum atomic E-state index is -0.176. The molecule has 0 saturated carbocycles. The number of anilines is 1. The Morgan fingerprint density at radius 2 is 2.42 bits per heavy atom. The fraction of sp³-hybridized carbons (Fsp3) is 0.500. The molecule has 0 aliphatic heterocycles. The zero-order chi connectivity index (χ0) is 8.97. The largest absolute Gasteiger partial charge is 0.366 e. The molecule has 0 amide bonds. The number of nitrogens with one attached hydrogen (secondary N) is 2. The highest BCUT2D eigenvalue weighted by Crippen LogP contribution is 2.01. The Labute approximate surface area is 71.0 Å². The van der Waals surface area contributed by atoms with E-state index < -0.39 is 0 Å². The summed E-state index contributed by atoms with van der Waals surface area (Å²) in [5.74, 6) is 0.712. The molecule has 0 bridgehead atoms. The number of rotatable bonds is 3. The van der Waals surface area contributed by atoms with Crippen LogP contribution in [0.4, 0.5) is 5.82 Å². The Morgan fingerprint density at radius 1 is 1.67 bits per heavy atom. The highest BCUT2D eigenvalue weighted by molar-refractivity contribution is 5.32. The highest BCUT2D eigenvalue weighted by atomic mass is 16.1. The Balaban J connectivity index is 2.64. The van der Waals surface area contributed by atoms with Crippen LogP contribution in [0.3, 0.4) is 0 Å². The molecule has 0 spiro atoms. The number of hydrogen-bond donors (Lipinski definition) is 2. The maximum Gasteiger partial charge on any atom is 0.264 e. The summed E-state index contributed by atoms with van der Waals surface area (Å²) in [7, 11) is 0. The van der Waals surface area contributed by atoms with E-state index in [1.807, 2.05) is 0 Å². The standard InChI is InChI=1S/C8H13N3O/c1-3-6(2)9-7-4-5-8(12)11-10-7/h4-6H,3H2,1-2H3,(H,9,10)(H,11,12)/t6-/m0/s1. The number of aromatic amines is 1. The second-order valence-corrected chi connectivity index (χ2v) is 2.76. The van der Waals surface area contributed by atoms with E-state index in [4.69, 9.17) is 0 Å². The van der Waals surface area contributed by atoms with Crippen molar-refractivity contribution in [3.63, 3.8) is 0 Å². The van der Waals surface area contributed by atoms with Crippen molar-refractivity contribution in [1.82, 2.24) is 10.2 Å². The van der Waals surface area contributed by atoms with Crippen LogP contribution in [0.5, 0.6) is 0 Å². The summed E-state index contributed by atoms with van der Waals surface area (Å²) in [4.78, 5) is 10.6. The number of H-pyrrole nitrogens is 1. The summed E-state index contributed by atoms with van der Waals surface area (Å²) in [5.41, 5.74) is -0.176. The zero-order valence-corrected chi connectivity index (χ0v) is 7.29. The molecule has 0 radical (unpaired) electrons. The lowest BCUT2D eigenvalue weighted by molar-refractivity contribution is 0.753. The molecule has 1 aromatic rings. The molecule has 1 rings (SSSR count). The van der Waals surface area contributed by atoms with Crippen LogP contribution >= 0.6 is 0 Å². The van der Waals surface area contributed by atoms with Crippen LogP contribution < -0.4 is 10.9 Å². The van der Waals surface area contributed by atoms with Gasteiger partial charge in [-0.15, -0.1) is 0 Å². The van der Waals surface area contributed by atoms with Gasteiger partial charge in [0.25, 0.3) is 5.56 Å². The average Bonchev–Trinajstić information content (AvgIpc) is 2.09. The topological polar surface area (TPSA) is 57.8 Å². The summed E-state index contributed by atoms with van der Waals surface area (Å²) in [6, 6.07) is 3.51. The van der Waals surface area contributed by atoms with Crippen LogP contribution in [0.25, 0.3) is 0 Å². The second kappa shape index (κ2) is 3.90. The summed E-state index contributed by atoms with van der Waals surface area (Å²) >= 11 is 0. The van der Waals surface area contributed by atoms with Crippen molar-refractivity contribution in [3.05, 3.63) is 22.5 Å². The smallest absolute Gasteiger partial charge is 0.264 e. The first kappa shape index (κ1) is 8.77. The van der Waals surface area contributed by atoms with E-state index in [1.54, 1.807) is 6.07 Å². The number of hydrogen-bond acceptors (Lipinski definition) is 3. The molecule has 0 aliphatic rings. The zero-order valence-electron chi connectivity index (χ0n) is 7.29. The molecule has 0 aliphatic carbocycles. The van der Waals surface area contributed by atoms with Crippen molar-refractivity contribution in [1.29, 1.82) is 0 Å². The van der Waals surface area contributed by atoms with E-state index in [0.717, 1.165) is 6.42 Å². The van der Waals surface area contributed by atoms with Gasteiger partial charge in [0.15, 0.2) is 0 Å². The average molecular weight is 167 g/mol. The Kier molecular flexibility index (Phi) is 2.85. The molecule has 1 atom stereocenters. The van der Waals surface area contributed by atoms with Gasteiger partial charge in [0.1, 0.15) is 5.82 Å². The van der Waals surface area contributed by atoms with Crippen molar-refractivity contribution in [2.45, 2.75) is 26.3 Å². The molecule has 2 N–H and O–H groups in total. The minimum absolute atomic E-state index is 0.176.